The molecule has 0 unspecified atom stereocenters. The van der Waals surface area contributed by atoms with Crippen molar-refractivity contribution in [1.82, 2.24) is 0 Å². The Bertz CT molecular complexity index is 312. The molecule has 0 fully saturated rings. The van der Waals surface area contributed by atoms with Crippen LogP contribution in [0.4, 0.5) is 4.79 Å². The van der Waals surface area contributed by atoms with Gasteiger partial charge in [-0.2, -0.15) is 0 Å². The highest BCUT2D eigenvalue weighted by molar-refractivity contribution is 6.44. The molecular formula is C8H6Cl2O3. The van der Waals surface area contributed by atoms with E-state index in [1.807, 2.05) is 0 Å². The van der Waals surface area contributed by atoms with Crippen molar-refractivity contribution in [2.75, 3.05) is 0 Å². The fourth-order valence-electron chi connectivity index (χ4n) is 0.848. The highest BCUT2D eigenvalue weighted by Gasteiger charge is 2.12. The van der Waals surface area contributed by atoms with Gasteiger partial charge in [-0.15, -0.1) is 0 Å². The van der Waals surface area contributed by atoms with Crippen molar-refractivity contribution in [2.24, 2.45) is 0 Å². The summed E-state index contributed by atoms with van der Waals surface area (Å²) in [6, 6.07) is 6.42. The Kier molecular flexibility index (Phi) is 3.39. The van der Waals surface area contributed by atoms with Gasteiger partial charge in [-0.3, -0.25) is 0 Å². The summed E-state index contributed by atoms with van der Waals surface area (Å²) in [6.45, 7) is 0. The number of carbonyl (C=O) groups is 1. The second-order valence-corrected chi connectivity index (χ2v) is 3.30. The third kappa shape index (κ3) is 2.79. The largest absolute Gasteiger partial charge is 0.511 e. The molecule has 0 aliphatic heterocycles. The van der Waals surface area contributed by atoms with Crippen LogP contribution in [0.2, 0.25) is 0 Å². The first-order valence-corrected chi connectivity index (χ1v) is 4.26. The number of hydrogen-bond acceptors (Lipinski definition) is 2. The predicted molar refractivity (Wildman–Crippen MR) is 49.5 cm³/mol. The van der Waals surface area contributed by atoms with E-state index in [2.05, 4.69) is 4.74 Å². The molecule has 0 radical (unpaired) electrons. The topological polar surface area (TPSA) is 46.5 Å². The molecule has 0 heterocycles. The lowest BCUT2D eigenvalue weighted by Crippen LogP contribution is -2.04. The molecule has 0 bridgehead atoms. The molecule has 0 atom stereocenters. The molecule has 0 aromatic heterocycles. The SMILES string of the molecule is O=C(O)Oc1ccccc1C(Cl)Cl. The third-order valence-corrected chi connectivity index (χ3v) is 1.82. The Morgan fingerprint density at radius 2 is 2.00 bits per heavy atom. The number of hydrogen-bond donors (Lipinski definition) is 1. The lowest BCUT2D eigenvalue weighted by molar-refractivity contribution is 0.144. The number of rotatable bonds is 2. The summed E-state index contributed by atoms with van der Waals surface area (Å²) in [5, 5.41) is 8.36. The van der Waals surface area contributed by atoms with Gasteiger partial charge in [-0.1, -0.05) is 41.4 Å². The molecule has 1 N–H and O–H groups in total. The molecule has 0 aliphatic rings. The van der Waals surface area contributed by atoms with Gasteiger partial charge >= 0.3 is 6.16 Å². The van der Waals surface area contributed by atoms with Gasteiger partial charge in [-0.05, 0) is 6.07 Å². The lowest BCUT2D eigenvalue weighted by atomic mass is 10.2. The number of para-hydroxylation sites is 1. The van der Waals surface area contributed by atoms with Crippen LogP contribution in [0.3, 0.4) is 0 Å². The maximum atomic E-state index is 10.2. The second-order valence-electron chi connectivity index (χ2n) is 2.21. The fraction of sp³-hybridized carbons (Fsp3) is 0.125. The van der Waals surface area contributed by atoms with E-state index in [-0.39, 0.29) is 5.75 Å². The van der Waals surface area contributed by atoms with Gasteiger partial charge in [0.2, 0.25) is 0 Å². The van der Waals surface area contributed by atoms with Gasteiger partial charge in [0.25, 0.3) is 0 Å². The summed E-state index contributed by atoms with van der Waals surface area (Å²) in [5.41, 5.74) is 0.438. The van der Waals surface area contributed by atoms with Crippen LogP contribution in [0, 0.1) is 0 Å². The Balaban J connectivity index is 2.97. The first-order chi connectivity index (χ1) is 6.11. The average molecular weight is 221 g/mol. The van der Waals surface area contributed by atoms with Crippen molar-refractivity contribution in [3.05, 3.63) is 29.8 Å². The van der Waals surface area contributed by atoms with Crippen LogP contribution in [0.25, 0.3) is 0 Å². The van der Waals surface area contributed by atoms with E-state index >= 15 is 0 Å². The molecule has 1 rings (SSSR count). The quantitative estimate of drug-likeness (QED) is 0.473. The Labute approximate surface area is 84.8 Å². The van der Waals surface area contributed by atoms with Gasteiger partial charge in [-0.25, -0.2) is 4.79 Å². The summed E-state index contributed by atoms with van der Waals surface area (Å²) in [5.74, 6) is 0.157. The van der Waals surface area contributed by atoms with E-state index < -0.39 is 11.0 Å². The zero-order valence-corrected chi connectivity index (χ0v) is 7.92. The van der Waals surface area contributed by atoms with Crippen molar-refractivity contribution < 1.29 is 14.6 Å². The van der Waals surface area contributed by atoms with Gasteiger partial charge in [0.05, 0.1) is 0 Å². The van der Waals surface area contributed by atoms with Crippen LogP contribution >= 0.6 is 23.2 Å². The summed E-state index contributed by atoms with van der Waals surface area (Å²) in [6.07, 6.45) is -1.39. The first kappa shape index (κ1) is 10.2. The Morgan fingerprint density at radius 1 is 1.38 bits per heavy atom. The van der Waals surface area contributed by atoms with Crippen molar-refractivity contribution in [1.29, 1.82) is 0 Å². The first-order valence-electron chi connectivity index (χ1n) is 3.39. The normalized spacial score (nSPS) is 10.1. The summed E-state index contributed by atoms with van der Waals surface area (Å²) in [7, 11) is 0. The minimum atomic E-state index is -1.39. The number of benzene rings is 1. The van der Waals surface area contributed by atoms with Crippen LogP contribution in [-0.2, 0) is 0 Å². The van der Waals surface area contributed by atoms with E-state index in [1.165, 1.54) is 6.07 Å². The molecule has 0 amide bonds. The maximum absolute atomic E-state index is 10.2. The Morgan fingerprint density at radius 3 is 2.54 bits per heavy atom. The van der Waals surface area contributed by atoms with Crippen molar-refractivity contribution in [3.8, 4) is 5.75 Å². The van der Waals surface area contributed by atoms with Crippen LogP contribution < -0.4 is 4.74 Å². The highest BCUT2D eigenvalue weighted by atomic mass is 35.5. The third-order valence-electron chi connectivity index (χ3n) is 1.35. The van der Waals surface area contributed by atoms with E-state index in [0.29, 0.717) is 5.56 Å². The molecule has 0 saturated carbocycles. The fourth-order valence-corrected chi connectivity index (χ4v) is 1.21. The number of carboxylic acid groups (broad SMARTS) is 1. The second kappa shape index (κ2) is 4.35. The summed E-state index contributed by atoms with van der Waals surface area (Å²) in [4.78, 5) is 9.44. The standard InChI is InChI=1S/C8H6Cl2O3/c9-7(10)5-3-1-2-4-6(5)13-8(11)12/h1-4,7H,(H,11,12). The van der Waals surface area contributed by atoms with Crippen LogP contribution in [-0.4, -0.2) is 11.3 Å². The van der Waals surface area contributed by atoms with Crippen molar-refractivity contribution >= 4 is 29.4 Å². The van der Waals surface area contributed by atoms with Gasteiger partial charge < -0.3 is 9.84 Å². The molecule has 0 aliphatic carbocycles. The molecule has 70 valence electrons. The molecule has 0 spiro atoms. The average Bonchev–Trinajstić information content (AvgIpc) is 2.03. The van der Waals surface area contributed by atoms with Crippen LogP contribution in [0.5, 0.6) is 5.75 Å². The molecule has 3 nitrogen and oxygen atoms in total. The number of halogens is 2. The monoisotopic (exact) mass is 220 g/mol. The molecule has 5 heteroatoms. The maximum Gasteiger partial charge on any atom is 0.511 e. The Hall–Kier alpha value is -0.930. The minimum Gasteiger partial charge on any atom is -0.449 e. The molecule has 0 saturated heterocycles. The van der Waals surface area contributed by atoms with Crippen molar-refractivity contribution in [2.45, 2.75) is 4.84 Å². The molecule has 1 aromatic rings. The van der Waals surface area contributed by atoms with Crippen LogP contribution in [0.15, 0.2) is 24.3 Å². The summed E-state index contributed by atoms with van der Waals surface area (Å²) < 4.78 is 4.45. The zero-order chi connectivity index (χ0) is 9.84. The van der Waals surface area contributed by atoms with Gasteiger partial charge in [0.15, 0.2) is 0 Å². The molecule has 13 heavy (non-hydrogen) atoms. The predicted octanol–water partition coefficient (Wildman–Crippen LogP) is 3.22. The zero-order valence-electron chi connectivity index (χ0n) is 6.41. The van der Waals surface area contributed by atoms with E-state index in [4.69, 9.17) is 28.3 Å². The smallest absolute Gasteiger partial charge is 0.449 e. The number of alkyl halides is 2. The molecule has 1 aromatic carbocycles. The van der Waals surface area contributed by atoms with Gasteiger partial charge in [0.1, 0.15) is 10.6 Å². The van der Waals surface area contributed by atoms with E-state index in [1.54, 1.807) is 18.2 Å². The van der Waals surface area contributed by atoms with Crippen LogP contribution in [0.1, 0.15) is 10.4 Å². The number of ether oxygens (including phenoxy) is 1. The van der Waals surface area contributed by atoms with Crippen molar-refractivity contribution in [3.63, 3.8) is 0 Å². The lowest BCUT2D eigenvalue weighted by Gasteiger charge is -2.07. The minimum absolute atomic E-state index is 0.157. The van der Waals surface area contributed by atoms with Gasteiger partial charge in [0, 0.05) is 5.56 Å². The highest BCUT2D eigenvalue weighted by Crippen LogP contribution is 2.32. The molecular weight excluding hydrogens is 215 g/mol. The van der Waals surface area contributed by atoms with E-state index in [9.17, 15) is 4.79 Å². The van der Waals surface area contributed by atoms with E-state index in [0.717, 1.165) is 0 Å². The summed E-state index contributed by atoms with van der Waals surface area (Å²) >= 11 is 11.2.